The van der Waals surface area contributed by atoms with Crippen molar-refractivity contribution in [3.8, 4) is 11.5 Å². The fourth-order valence-electron chi connectivity index (χ4n) is 3.56. The van der Waals surface area contributed by atoms with Crippen LogP contribution < -0.4 is 9.47 Å². The summed E-state index contributed by atoms with van der Waals surface area (Å²) in [6, 6.07) is 5.85. The number of amides is 1. The van der Waals surface area contributed by atoms with Crippen LogP contribution in [0.15, 0.2) is 18.2 Å². The third kappa shape index (κ3) is 3.69. The zero-order valence-electron chi connectivity index (χ0n) is 16.0. The van der Waals surface area contributed by atoms with Gasteiger partial charge in [0.25, 0.3) is 0 Å². The monoisotopic (exact) mass is 357 g/mol. The van der Waals surface area contributed by atoms with E-state index < -0.39 is 0 Å². The predicted molar refractivity (Wildman–Crippen MR) is 99.9 cm³/mol. The summed E-state index contributed by atoms with van der Waals surface area (Å²) in [5, 5.41) is 7.27. The number of H-pyrrole nitrogens is 1. The Morgan fingerprint density at radius 3 is 2.77 bits per heavy atom. The second-order valence-electron chi connectivity index (χ2n) is 6.85. The molecule has 1 aliphatic rings. The molecule has 26 heavy (non-hydrogen) atoms. The maximum absolute atomic E-state index is 12.6. The fraction of sp³-hybridized carbons (Fsp3) is 0.500. The summed E-state index contributed by atoms with van der Waals surface area (Å²) in [5.41, 5.74) is 4.32. The van der Waals surface area contributed by atoms with Gasteiger partial charge in [-0.2, -0.15) is 5.10 Å². The van der Waals surface area contributed by atoms with Crippen LogP contribution in [0.25, 0.3) is 0 Å². The highest BCUT2D eigenvalue weighted by Gasteiger charge is 2.29. The fourth-order valence-corrected chi connectivity index (χ4v) is 3.56. The number of hydrogen-bond donors (Lipinski definition) is 1. The van der Waals surface area contributed by atoms with Gasteiger partial charge in [0.15, 0.2) is 0 Å². The van der Waals surface area contributed by atoms with Gasteiger partial charge < -0.3 is 14.4 Å². The van der Waals surface area contributed by atoms with Gasteiger partial charge in [-0.3, -0.25) is 9.89 Å². The lowest BCUT2D eigenvalue weighted by molar-refractivity contribution is -0.130. The molecule has 0 bridgehead atoms. The van der Waals surface area contributed by atoms with Crippen molar-refractivity contribution in [1.29, 1.82) is 0 Å². The van der Waals surface area contributed by atoms with Gasteiger partial charge in [-0.1, -0.05) is 0 Å². The lowest BCUT2D eigenvalue weighted by Gasteiger charge is -2.18. The summed E-state index contributed by atoms with van der Waals surface area (Å²) in [5.74, 6) is 2.13. The summed E-state index contributed by atoms with van der Waals surface area (Å²) >= 11 is 0. The molecular formula is C20H27N3O3. The number of methoxy groups -OCH3 is 2. The highest BCUT2D eigenvalue weighted by molar-refractivity contribution is 5.77. The molecule has 1 unspecified atom stereocenters. The average Bonchev–Trinajstić information content (AvgIpc) is 3.27. The summed E-state index contributed by atoms with van der Waals surface area (Å²) in [4.78, 5) is 14.6. The molecule has 0 radical (unpaired) electrons. The minimum absolute atomic E-state index is 0.189. The first kappa shape index (κ1) is 18.3. The number of hydrogen-bond acceptors (Lipinski definition) is 4. The van der Waals surface area contributed by atoms with Crippen molar-refractivity contribution in [2.24, 2.45) is 0 Å². The molecule has 1 aromatic carbocycles. The number of carbonyl (C=O) groups excluding carboxylic acids is 1. The molecule has 1 fully saturated rings. The lowest BCUT2D eigenvalue weighted by Crippen LogP contribution is -2.28. The van der Waals surface area contributed by atoms with Gasteiger partial charge in [-0.25, -0.2) is 0 Å². The molecule has 6 nitrogen and oxygen atoms in total. The summed E-state index contributed by atoms with van der Waals surface area (Å²) in [7, 11) is 3.34. The number of aromatic amines is 1. The van der Waals surface area contributed by atoms with Crippen molar-refractivity contribution in [1.82, 2.24) is 15.1 Å². The SMILES string of the molecule is COc1ccc(OC)c(C2CCN(C(=O)CCc3n[nH]c(C)c3C)C2)c1. The van der Waals surface area contributed by atoms with Gasteiger partial charge in [0.1, 0.15) is 11.5 Å². The highest BCUT2D eigenvalue weighted by atomic mass is 16.5. The number of nitrogens with zero attached hydrogens (tertiary/aromatic N) is 2. The van der Waals surface area contributed by atoms with Crippen LogP contribution >= 0.6 is 0 Å². The van der Waals surface area contributed by atoms with Gasteiger partial charge in [-0.05, 0) is 44.0 Å². The summed E-state index contributed by atoms with van der Waals surface area (Å²) in [6.07, 6.45) is 2.11. The van der Waals surface area contributed by atoms with Crippen LogP contribution in [0.3, 0.4) is 0 Å². The van der Waals surface area contributed by atoms with Crippen molar-refractivity contribution < 1.29 is 14.3 Å². The molecule has 0 aliphatic carbocycles. The molecule has 2 aromatic rings. The van der Waals surface area contributed by atoms with E-state index in [0.717, 1.165) is 53.5 Å². The van der Waals surface area contributed by atoms with Crippen LogP contribution in [0.2, 0.25) is 0 Å². The molecule has 0 spiro atoms. The number of aryl methyl sites for hydroxylation is 2. The van der Waals surface area contributed by atoms with Crippen LogP contribution in [0.5, 0.6) is 11.5 Å². The normalized spacial score (nSPS) is 16.8. The zero-order valence-corrected chi connectivity index (χ0v) is 16.0. The van der Waals surface area contributed by atoms with E-state index in [-0.39, 0.29) is 11.8 Å². The molecule has 1 aliphatic heterocycles. The Labute approximate surface area is 154 Å². The number of ether oxygens (including phenoxy) is 2. The standard InChI is InChI=1S/C20H27N3O3/c1-13-14(2)21-22-18(13)6-8-20(24)23-10-9-15(12-23)17-11-16(25-3)5-7-19(17)26-4/h5,7,11,15H,6,8-10,12H2,1-4H3,(H,21,22). The molecule has 0 saturated carbocycles. The second-order valence-corrected chi connectivity index (χ2v) is 6.85. The van der Waals surface area contributed by atoms with E-state index >= 15 is 0 Å². The first-order valence-corrected chi connectivity index (χ1v) is 9.03. The van der Waals surface area contributed by atoms with Gasteiger partial charge in [0.2, 0.25) is 5.91 Å². The molecule has 140 valence electrons. The maximum atomic E-state index is 12.6. The van der Waals surface area contributed by atoms with Crippen LogP contribution in [-0.4, -0.2) is 48.3 Å². The molecule has 1 amide bonds. The summed E-state index contributed by atoms with van der Waals surface area (Å²) < 4.78 is 10.8. The Morgan fingerprint density at radius 1 is 1.31 bits per heavy atom. The van der Waals surface area contributed by atoms with E-state index in [1.807, 2.05) is 36.9 Å². The molecule has 2 heterocycles. The topological polar surface area (TPSA) is 67.5 Å². The van der Waals surface area contributed by atoms with E-state index in [1.165, 1.54) is 0 Å². The van der Waals surface area contributed by atoms with Crippen molar-refractivity contribution in [3.63, 3.8) is 0 Å². The van der Waals surface area contributed by atoms with Gasteiger partial charge >= 0.3 is 0 Å². The average molecular weight is 357 g/mol. The van der Waals surface area contributed by atoms with E-state index in [4.69, 9.17) is 9.47 Å². The minimum Gasteiger partial charge on any atom is -0.497 e. The van der Waals surface area contributed by atoms with E-state index in [0.29, 0.717) is 12.8 Å². The third-order valence-electron chi connectivity index (χ3n) is 5.35. The van der Waals surface area contributed by atoms with Crippen molar-refractivity contribution in [2.45, 2.75) is 39.0 Å². The third-order valence-corrected chi connectivity index (χ3v) is 5.35. The Hall–Kier alpha value is -2.50. The first-order valence-electron chi connectivity index (χ1n) is 9.03. The van der Waals surface area contributed by atoms with Crippen LogP contribution in [0.1, 0.15) is 41.3 Å². The predicted octanol–water partition coefficient (Wildman–Crippen LogP) is 2.99. The van der Waals surface area contributed by atoms with Gasteiger partial charge in [0, 0.05) is 43.1 Å². The number of carbonyl (C=O) groups is 1. The maximum Gasteiger partial charge on any atom is 0.222 e. The quantitative estimate of drug-likeness (QED) is 0.863. The highest BCUT2D eigenvalue weighted by Crippen LogP contribution is 2.36. The van der Waals surface area contributed by atoms with Crippen LogP contribution in [0.4, 0.5) is 0 Å². The van der Waals surface area contributed by atoms with Crippen molar-refractivity contribution in [2.75, 3.05) is 27.3 Å². The number of likely N-dealkylation sites (tertiary alicyclic amines) is 1. The molecule has 3 rings (SSSR count). The Morgan fingerprint density at radius 2 is 2.12 bits per heavy atom. The number of benzene rings is 1. The first-order chi connectivity index (χ1) is 12.5. The van der Waals surface area contributed by atoms with Gasteiger partial charge in [0.05, 0.1) is 19.9 Å². The molecule has 1 aromatic heterocycles. The Kier molecular flexibility index (Phi) is 5.49. The van der Waals surface area contributed by atoms with Gasteiger partial charge in [-0.15, -0.1) is 0 Å². The van der Waals surface area contributed by atoms with E-state index in [2.05, 4.69) is 10.2 Å². The largest absolute Gasteiger partial charge is 0.497 e. The lowest BCUT2D eigenvalue weighted by atomic mass is 9.97. The molecule has 1 saturated heterocycles. The summed E-state index contributed by atoms with van der Waals surface area (Å²) in [6.45, 7) is 5.54. The van der Waals surface area contributed by atoms with E-state index in [9.17, 15) is 4.79 Å². The number of rotatable bonds is 6. The number of nitrogens with one attached hydrogen (secondary N) is 1. The Bertz CT molecular complexity index is 785. The zero-order chi connectivity index (χ0) is 18.7. The molecule has 1 N–H and O–H groups in total. The van der Waals surface area contributed by atoms with Crippen LogP contribution in [0, 0.1) is 13.8 Å². The Balaban J connectivity index is 1.63. The molecule has 1 atom stereocenters. The van der Waals surface area contributed by atoms with Crippen molar-refractivity contribution >= 4 is 5.91 Å². The smallest absolute Gasteiger partial charge is 0.222 e. The molecule has 6 heteroatoms. The van der Waals surface area contributed by atoms with Crippen molar-refractivity contribution in [3.05, 3.63) is 40.7 Å². The number of aromatic nitrogens is 2. The van der Waals surface area contributed by atoms with Crippen LogP contribution in [-0.2, 0) is 11.2 Å². The van der Waals surface area contributed by atoms with E-state index in [1.54, 1.807) is 14.2 Å². The molecular weight excluding hydrogens is 330 g/mol. The second kappa shape index (κ2) is 7.81. The minimum atomic E-state index is 0.189.